The fourth-order valence-corrected chi connectivity index (χ4v) is 7.20. The lowest BCUT2D eigenvalue weighted by molar-refractivity contribution is -0.125. The van der Waals surface area contributed by atoms with Crippen LogP contribution in [-0.2, 0) is 14.9 Å². The van der Waals surface area contributed by atoms with Gasteiger partial charge in [-0.1, -0.05) is 31.2 Å². The third kappa shape index (κ3) is 5.05. The number of allylic oxidation sites excluding steroid dienone is 1. The largest absolute Gasteiger partial charge is 0.371 e. The number of carbonyl (C=O) groups is 1. The zero-order valence-electron chi connectivity index (χ0n) is 20.2. The first-order chi connectivity index (χ1) is 17.3. The number of piperidine rings is 1. The van der Waals surface area contributed by atoms with E-state index in [0.29, 0.717) is 10.7 Å². The first-order valence-corrected chi connectivity index (χ1v) is 15.0. The Morgan fingerprint density at radius 1 is 1.19 bits per heavy atom. The Labute approximate surface area is 215 Å². The zero-order valence-corrected chi connectivity index (χ0v) is 21.9. The lowest BCUT2D eigenvalue weighted by atomic mass is 9.88. The summed E-state index contributed by atoms with van der Waals surface area (Å²) >= 11 is 1.18. The molecule has 1 fully saturated rings. The van der Waals surface area contributed by atoms with Crippen LogP contribution >= 0.6 is 11.5 Å². The number of hydrogen-bond donors (Lipinski definition) is 3. The molecular weight excluding hydrogens is 497 g/mol. The number of thiol groups is 1. The monoisotopic (exact) mass is 527 g/mol. The van der Waals surface area contributed by atoms with Crippen LogP contribution in [0.25, 0.3) is 6.08 Å². The summed E-state index contributed by atoms with van der Waals surface area (Å²) in [4.78, 5) is 20.1. The molecule has 2 heterocycles. The van der Waals surface area contributed by atoms with E-state index in [9.17, 15) is 13.4 Å². The number of aromatic nitrogens is 2. The van der Waals surface area contributed by atoms with E-state index in [4.69, 9.17) is 0 Å². The fourth-order valence-electron chi connectivity index (χ4n) is 4.95. The maximum atomic E-state index is 14.1. The van der Waals surface area contributed by atoms with Crippen LogP contribution in [0.2, 0.25) is 0 Å². The molecule has 10 heteroatoms. The van der Waals surface area contributed by atoms with Gasteiger partial charge in [-0.05, 0) is 58.9 Å². The van der Waals surface area contributed by atoms with E-state index < -0.39 is 10.1 Å². The van der Waals surface area contributed by atoms with E-state index in [1.807, 2.05) is 43.3 Å². The molecule has 1 unspecified atom stereocenters. The van der Waals surface area contributed by atoms with Crippen LogP contribution in [0, 0.1) is 11.7 Å². The van der Waals surface area contributed by atoms with Gasteiger partial charge in [0.25, 0.3) is 0 Å². The minimum atomic E-state index is -2.80. The minimum Gasteiger partial charge on any atom is -0.371 e. The number of nitrogens with one attached hydrogen (secondary N) is 2. The third-order valence-electron chi connectivity index (χ3n) is 7.09. The van der Waals surface area contributed by atoms with Crippen molar-refractivity contribution in [1.82, 2.24) is 14.7 Å². The van der Waals surface area contributed by atoms with Gasteiger partial charge >= 0.3 is 0 Å². The molecule has 2 N–H and O–H groups in total. The number of rotatable bonds is 7. The molecule has 2 aliphatic rings. The first-order valence-electron chi connectivity index (χ1n) is 12.1. The van der Waals surface area contributed by atoms with Gasteiger partial charge in [-0.15, -0.1) is 0 Å². The number of nitrogens with zero attached hydrogens (tertiary/aromatic N) is 3. The summed E-state index contributed by atoms with van der Waals surface area (Å²) in [6.45, 7) is 3.55. The van der Waals surface area contributed by atoms with Gasteiger partial charge in [0.2, 0.25) is 11.0 Å². The van der Waals surface area contributed by atoms with E-state index in [1.54, 1.807) is 18.4 Å². The summed E-state index contributed by atoms with van der Waals surface area (Å²) in [6.07, 6.45) is 8.53. The number of hydrogen-bond acceptors (Lipinski definition) is 6. The number of amides is 1. The number of halogens is 1. The van der Waals surface area contributed by atoms with Crippen LogP contribution in [0.5, 0.6) is 0 Å². The Morgan fingerprint density at radius 2 is 1.94 bits per heavy atom. The molecule has 1 aliphatic heterocycles. The Bertz CT molecular complexity index is 1300. The second-order valence-corrected chi connectivity index (χ2v) is 12.9. The molecule has 7 nitrogen and oxygen atoms in total. The Hall–Kier alpha value is -3.11. The van der Waals surface area contributed by atoms with E-state index in [1.165, 1.54) is 23.9 Å². The Kier molecular flexibility index (Phi) is 6.90. The van der Waals surface area contributed by atoms with Gasteiger partial charge in [-0.2, -0.15) is 4.37 Å². The Balaban J connectivity index is 1.14. The molecule has 0 bridgehead atoms. The van der Waals surface area contributed by atoms with Crippen molar-refractivity contribution >= 4 is 44.5 Å². The number of carbonyl (C=O) groups excluding carboxylic acids is 1. The van der Waals surface area contributed by atoms with Crippen LogP contribution in [-0.4, -0.2) is 44.9 Å². The maximum absolute atomic E-state index is 14.1. The van der Waals surface area contributed by atoms with Crippen LogP contribution in [0.4, 0.5) is 15.2 Å². The van der Waals surface area contributed by atoms with Crippen molar-refractivity contribution in [2.45, 2.75) is 36.6 Å². The lowest BCUT2D eigenvalue weighted by Crippen LogP contribution is -2.46. The van der Waals surface area contributed by atoms with Gasteiger partial charge in [0.05, 0.1) is 0 Å². The average Bonchev–Trinajstić information content (AvgIpc) is 3.54. The number of benzene rings is 2. The van der Waals surface area contributed by atoms with Crippen molar-refractivity contribution in [2.75, 3.05) is 29.0 Å². The third-order valence-corrected chi connectivity index (χ3v) is 9.74. The lowest BCUT2D eigenvalue weighted by Gasteiger charge is -2.35. The summed E-state index contributed by atoms with van der Waals surface area (Å²) in [5, 5.41) is 3.76. The maximum Gasteiger partial charge on any atom is 0.223 e. The van der Waals surface area contributed by atoms with Crippen LogP contribution in [0.15, 0.2) is 59.8 Å². The standard InChI is InChI=1S/C26H30FN5O2S2/c1-17(21-10-11-23-22(21)4-3-5-24(23)27)25(33)30-18-12-14-32(15-13-18)19-6-8-20(9-7-19)36(2,34)31-26-28-16-29-35-26/h3-11,16-18,21,36H,12-15H2,1-2H3,(H,30,33)(H,28,29,31,34)/t17-,21?/m1/s1. The van der Waals surface area contributed by atoms with Gasteiger partial charge in [-0.25, -0.2) is 9.37 Å². The zero-order chi connectivity index (χ0) is 25.3. The quantitative estimate of drug-likeness (QED) is 0.400. The molecule has 2 aromatic carbocycles. The Morgan fingerprint density at radius 3 is 2.64 bits per heavy atom. The molecule has 1 aromatic heterocycles. The molecule has 1 amide bonds. The van der Waals surface area contributed by atoms with Gasteiger partial charge < -0.3 is 10.2 Å². The number of fused-ring (bicyclic) bond motifs is 1. The topological polar surface area (TPSA) is 87.2 Å². The van der Waals surface area contributed by atoms with E-state index >= 15 is 0 Å². The van der Waals surface area contributed by atoms with Crippen molar-refractivity contribution in [3.63, 3.8) is 0 Å². The van der Waals surface area contributed by atoms with Gasteiger partial charge in [0, 0.05) is 64.9 Å². The highest BCUT2D eigenvalue weighted by Gasteiger charge is 2.31. The molecule has 2 atom stereocenters. The highest BCUT2D eigenvalue weighted by Crippen LogP contribution is 2.37. The van der Waals surface area contributed by atoms with E-state index in [0.717, 1.165) is 42.1 Å². The fraction of sp³-hybridized carbons (Fsp3) is 0.346. The molecule has 190 valence electrons. The van der Waals surface area contributed by atoms with Crippen molar-refractivity contribution in [2.24, 2.45) is 5.92 Å². The molecule has 1 aliphatic carbocycles. The average molecular weight is 528 g/mol. The number of anilines is 2. The minimum absolute atomic E-state index is 0.00573. The first kappa shape index (κ1) is 24.6. The van der Waals surface area contributed by atoms with Crippen molar-refractivity contribution in [1.29, 1.82) is 0 Å². The van der Waals surface area contributed by atoms with Crippen LogP contribution in [0.1, 0.15) is 36.8 Å². The van der Waals surface area contributed by atoms with E-state index in [-0.39, 0.29) is 29.6 Å². The summed E-state index contributed by atoms with van der Waals surface area (Å²) < 4.78 is 34.1. The molecule has 1 saturated heterocycles. The molecular formula is C26H30FN5O2S2. The summed E-state index contributed by atoms with van der Waals surface area (Å²) in [7, 11) is -2.80. The summed E-state index contributed by atoms with van der Waals surface area (Å²) in [5.74, 6) is -0.612. The molecule has 5 rings (SSSR count). The molecule has 36 heavy (non-hydrogen) atoms. The van der Waals surface area contributed by atoms with Crippen molar-refractivity contribution in [3.05, 3.63) is 71.8 Å². The molecule has 0 saturated carbocycles. The SMILES string of the molecule is C[C@@H](C(=O)NC1CCN(c2ccc([SH](C)(=O)Nc3ncns3)cc2)CC1)C1C=Cc2c(F)cccc21. The summed E-state index contributed by atoms with van der Waals surface area (Å²) in [5.41, 5.74) is 2.55. The normalized spacial score (nSPS) is 19.1. The second-order valence-electron chi connectivity index (χ2n) is 9.49. The molecule has 0 spiro atoms. The van der Waals surface area contributed by atoms with Crippen LogP contribution in [0.3, 0.4) is 0 Å². The smallest absolute Gasteiger partial charge is 0.223 e. The highest BCUT2D eigenvalue weighted by molar-refractivity contribution is 8.03. The predicted molar refractivity (Wildman–Crippen MR) is 144 cm³/mol. The highest BCUT2D eigenvalue weighted by atomic mass is 32.3. The summed E-state index contributed by atoms with van der Waals surface area (Å²) in [6, 6.07) is 13.0. The van der Waals surface area contributed by atoms with Crippen molar-refractivity contribution < 1.29 is 13.4 Å². The van der Waals surface area contributed by atoms with Crippen molar-refractivity contribution in [3.8, 4) is 0 Å². The molecule has 0 radical (unpaired) electrons. The van der Waals surface area contributed by atoms with Gasteiger partial charge in [-0.3, -0.25) is 13.7 Å². The molecule has 3 aromatic rings. The second kappa shape index (κ2) is 10.1. The van der Waals surface area contributed by atoms with Gasteiger partial charge in [0.15, 0.2) is 0 Å². The predicted octanol–water partition coefficient (Wildman–Crippen LogP) is 4.24. The van der Waals surface area contributed by atoms with Crippen LogP contribution < -0.4 is 14.9 Å². The van der Waals surface area contributed by atoms with Gasteiger partial charge in [0.1, 0.15) is 12.1 Å². The van der Waals surface area contributed by atoms with E-state index in [2.05, 4.69) is 24.3 Å².